The zero-order valence-corrected chi connectivity index (χ0v) is 12.0. The van der Waals surface area contributed by atoms with E-state index >= 15 is 0 Å². The lowest BCUT2D eigenvalue weighted by Crippen LogP contribution is -2.06. The smallest absolute Gasteiger partial charge is 0.356 e. The molecule has 5 nitrogen and oxygen atoms in total. The summed E-state index contributed by atoms with van der Waals surface area (Å²) in [6, 6.07) is 7.08. The van der Waals surface area contributed by atoms with Gasteiger partial charge in [0.2, 0.25) is 5.88 Å². The summed E-state index contributed by atoms with van der Waals surface area (Å²) in [6.07, 6.45) is 0. The van der Waals surface area contributed by atoms with Gasteiger partial charge in [-0.2, -0.15) is 0 Å². The van der Waals surface area contributed by atoms with Crippen LogP contribution in [0.5, 0.6) is 11.6 Å². The van der Waals surface area contributed by atoms with Gasteiger partial charge in [0.25, 0.3) is 0 Å². The predicted octanol–water partition coefficient (Wildman–Crippen LogP) is 3.14. The third kappa shape index (κ3) is 3.05. The van der Waals surface area contributed by atoms with Gasteiger partial charge in [0.05, 0.1) is 17.3 Å². The van der Waals surface area contributed by atoms with Gasteiger partial charge in [-0.1, -0.05) is 0 Å². The van der Waals surface area contributed by atoms with E-state index in [9.17, 15) is 9.18 Å². The number of carbonyl (C=O) groups excluding carboxylic acids is 1. The number of anilines is 1. The van der Waals surface area contributed by atoms with Crippen LogP contribution in [0.2, 0.25) is 0 Å². The molecule has 0 unspecified atom stereocenters. The van der Waals surface area contributed by atoms with E-state index in [4.69, 9.17) is 10.5 Å². The molecule has 0 fully saturated rings. The number of hydrogen-bond acceptors (Lipinski definition) is 5. The number of nitrogens with two attached hydrogens (primary N) is 1. The van der Waals surface area contributed by atoms with Crippen LogP contribution in [0.1, 0.15) is 10.5 Å². The second kappa shape index (κ2) is 5.87. The number of nitrogen functional groups attached to an aromatic ring is 1. The maximum atomic E-state index is 13.4. The molecule has 0 aliphatic carbocycles. The molecule has 0 radical (unpaired) electrons. The van der Waals surface area contributed by atoms with Gasteiger partial charge in [-0.3, -0.25) is 0 Å². The van der Waals surface area contributed by atoms with E-state index in [-0.39, 0.29) is 23.0 Å². The summed E-state index contributed by atoms with van der Waals surface area (Å²) >= 11 is 3.04. The van der Waals surface area contributed by atoms with Crippen molar-refractivity contribution in [1.29, 1.82) is 0 Å². The number of aromatic nitrogens is 1. The number of benzene rings is 1. The zero-order chi connectivity index (χ0) is 14.7. The summed E-state index contributed by atoms with van der Waals surface area (Å²) in [6.45, 7) is 0. The molecule has 0 saturated heterocycles. The van der Waals surface area contributed by atoms with Crippen molar-refractivity contribution in [3.05, 3.63) is 46.3 Å². The molecule has 1 heterocycles. The predicted molar refractivity (Wildman–Crippen MR) is 74.2 cm³/mol. The van der Waals surface area contributed by atoms with E-state index in [1.165, 1.54) is 31.4 Å². The second-order valence-electron chi connectivity index (χ2n) is 3.76. The highest BCUT2D eigenvalue weighted by Gasteiger charge is 2.12. The monoisotopic (exact) mass is 340 g/mol. The molecule has 0 aliphatic rings. The molecule has 20 heavy (non-hydrogen) atoms. The summed E-state index contributed by atoms with van der Waals surface area (Å²) in [7, 11) is 1.24. The fourth-order valence-electron chi connectivity index (χ4n) is 1.40. The van der Waals surface area contributed by atoms with Crippen molar-refractivity contribution < 1.29 is 18.7 Å². The minimum absolute atomic E-state index is 0.00891. The molecule has 0 spiro atoms. The van der Waals surface area contributed by atoms with Crippen molar-refractivity contribution in [2.45, 2.75) is 0 Å². The Morgan fingerprint density at radius 1 is 1.35 bits per heavy atom. The highest BCUT2D eigenvalue weighted by molar-refractivity contribution is 9.10. The molecule has 0 bridgehead atoms. The fourth-order valence-corrected chi connectivity index (χ4v) is 1.65. The number of ether oxygens (including phenoxy) is 2. The number of carbonyl (C=O) groups is 1. The molecular formula is C13H10BrFN2O3. The Bertz CT molecular complexity index is 664. The number of halogens is 2. The van der Waals surface area contributed by atoms with Gasteiger partial charge in [-0.05, 0) is 40.2 Å². The van der Waals surface area contributed by atoms with Crippen molar-refractivity contribution in [1.82, 2.24) is 4.98 Å². The fraction of sp³-hybridized carbons (Fsp3) is 0.0769. The van der Waals surface area contributed by atoms with Crippen LogP contribution in [-0.4, -0.2) is 18.1 Å². The Morgan fingerprint density at radius 3 is 2.75 bits per heavy atom. The average molecular weight is 341 g/mol. The van der Waals surface area contributed by atoms with Gasteiger partial charge >= 0.3 is 5.97 Å². The van der Waals surface area contributed by atoms with Crippen LogP contribution in [0.15, 0.2) is 34.8 Å². The third-order valence-electron chi connectivity index (χ3n) is 2.39. The van der Waals surface area contributed by atoms with Gasteiger partial charge in [-0.15, -0.1) is 0 Å². The molecule has 0 amide bonds. The zero-order valence-electron chi connectivity index (χ0n) is 10.4. The van der Waals surface area contributed by atoms with Gasteiger partial charge in [-0.25, -0.2) is 14.2 Å². The topological polar surface area (TPSA) is 74.4 Å². The van der Waals surface area contributed by atoms with Gasteiger partial charge in [0.1, 0.15) is 11.6 Å². The van der Waals surface area contributed by atoms with Crippen LogP contribution in [0.4, 0.5) is 10.1 Å². The normalized spacial score (nSPS) is 10.2. The highest BCUT2D eigenvalue weighted by Crippen LogP contribution is 2.28. The van der Waals surface area contributed by atoms with E-state index in [1.54, 1.807) is 6.07 Å². The maximum Gasteiger partial charge on any atom is 0.356 e. The van der Waals surface area contributed by atoms with Crippen LogP contribution in [0.25, 0.3) is 0 Å². The standard InChI is InChI=1S/C13H10BrFN2O3/c1-19-13(18)11-5-4-10(16)12(17-11)20-7-2-3-8(14)9(15)6-7/h2-6H,16H2,1H3. The molecular weight excluding hydrogens is 331 g/mol. The first kappa shape index (κ1) is 14.3. The summed E-state index contributed by atoms with van der Waals surface area (Å²) in [5, 5.41) is 0. The van der Waals surface area contributed by atoms with Gasteiger partial charge in [0.15, 0.2) is 5.69 Å². The van der Waals surface area contributed by atoms with Crippen molar-refractivity contribution in [3.63, 3.8) is 0 Å². The van der Waals surface area contributed by atoms with Crippen LogP contribution in [0, 0.1) is 5.82 Å². The molecule has 0 saturated carbocycles. The minimum atomic E-state index is -0.614. The lowest BCUT2D eigenvalue weighted by Gasteiger charge is -2.09. The highest BCUT2D eigenvalue weighted by atomic mass is 79.9. The van der Waals surface area contributed by atoms with Crippen molar-refractivity contribution in [2.75, 3.05) is 12.8 Å². The number of nitrogens with zero attached hydrogens (tertiary/aromatic N) is 1. The van der Waals surface area contributed by atoms with Crippen LogP contribution >= 0.6 is 15.9 Å². The first-order chi connectivity index (χ1) is 9.51. The first-order valence-electron chi connectivity index (χ1n) is 5.49. The third-order valence-corrected chi connectivity index (χ3v) is 3.03. The molecule has 2 rings (SSSR count). The Morgan fingerprint density at radius 2 is 2.10 bits per heavy atom. The van der Waals surface area contributed by atoms with E-state index < -0.39 is 11.8 Å². The SMILES string of the molecule is COC(=O)c1ccc(N)c(Oc2ccc(Br)c(F)c2)n1. The molecule has 0 atom stereocenters. The Labute approximate surface area is 122 Å². The van der Waals surface area contributed by atoms with Crippen LogP contribution < -0.4 is 10.5 Å². The van der Waals surface area contributed by atoms with Crippen molar-refractivity contribution >= 4 is 27.6 Å². The van der Waals surface area contributed by atoms with E-state index in [0.717, 1.165) is 0 Å². The first-order valence-corrected chi connectivity index (χ1v) is 6.28. The summed E-state index contributed by atoms with van der Waals surface area (Å²) in [5.41, 5.74) is 5.98. The van der Waals surface area contributed by atoms with Crippen LogP contribution in [0.3, 0.4) is 0 Å². The lowest BCUT2D eigenvalue weighted by molar-refractivity contribution is 0.0593. The second-order valence-corrected chi connectivity index (χ2v) is 4.61. The number of pyridine rings is 1. The lowest BCUT2D eigenvalue weighted by atomic mass is 10.3. The number of esters is 1. The number of methoxy groups -OCH3 is 1. The van der Waals surface area contributed by atoms with Gasteiger partial charge in [0, 0.05) is 6.07 Å². The largest absolute Gasteiger partial charge is 0.464 e. The Hall–Kier alpha value is -2.15. The Balaban J connectivity index is 2.32. The molecule has 1 aromatic carbocycles. The maximum absolute atomic E-state index is 13.4. The molecule has 2 aromatic rings. The quantitative estimate of drug-likeness (QED) is 0.868. The molecule has 104 valence electrons. The Kier molecular flexibility index (Phi) is 4.19. The van der Waals surface area contributed by atoms with E-state index in [1.807, 2.05) is 0 Å². The summed E-state index contributed by atoms with van der Waals surface area (Å²) in [5.74, 6) is -0.872. The summed E-state index contributed by atoms with van der Waals surface area (Å²) < 4.78 is 23.6. The van der Waals surface area contributed by atoms with E-state index in [0.29, 0.717) is 4.47 Å². The van der Waals surface area contributed by atoms with Crippen molar-refractivity contribution in [2.24, 2.45) is 0 Å². The minimum Gasteiger partial charge on any atom is -0.464 e. The average Bonchev–Trinajstić information content (AvgIpc) is 2.44. The summed E-state index contributed by atoms with van der Waals surface area (Å²) in [4.78, 5) is 15.3. The number of hydrogen-bond donors (Lipinski definition) is 1. The van der Waals surface area contributed by atoms with E-state index in [2.05, 4.69) is 25.7 Å². The van der Waals surface area contributed by atoms with Crippen LogP contribution in [-0.2, 0) is 4.74 Å². The number of rotatable bonds is 3. The van der Waals surface area contributed by atoms with Crippen molar-refractivity contribution in [3.8, 4) is 11.6 Å². The molecule has 0 aliphatic heterocycles. The molecule has 2 N–H and O–H groups in total. The van der Waals surface area contributed by atoms with Gasteiger partial charge < -0.3 is 15.2 Å². The molecule has 7 heteroatoms. The molecule has 1 aromatic heterocycles.